The highest BCUT2D eigenvalue weighted by molar-refractivity contribution is 5.92. The van der Waals surface area contributed by atoms with Crippen LogP contribution in [0.15, 0.2) is 34.9 Å². The van der Waals surface area contributed by atoms with E-state index in [2.05, 4.69) is 17.3 Å². The summed E-state index contributed by atoms with van der Waals surface area (Å²) in [6.07, 6.45) is 2.30. The summed E-state index contributed by atoms with van der Waals surface area (Å²) in [5.74, 6) is 1.32. The zero-order valence-corrected chi connectivity index (χ0v) is 10.5. The molecule has 2 heterocycles. The summed E-state index contributed by atoms with van der Waals surface area (Å²) >= 11 is 0. The van der Waals surface area contributed by atoms with Crippen molar-refractivity contribution < 1.29 is 9.32 Å². The Hall–Kier alpha value is -2.10. The second-order valence-electron chi connectivity index (χ2n) is 5.32. The van der Waals surface area contributed by atoms with E-state index >= 15 is 0 Å². The van der Waals surface area contributed by atoms with Crippen molar-refractivity contribution in [2.45, 2.75) is 31.8 Å². The lowest BCUT2D eigenvalue weighted by atomic mass is 10.1. The van der Waals surface area contributed by atoms with Gasteiger partial charge in [0.2, 0.25) is 0 Å². The minimum absolute atomic E-state index is 0.0353. The minimum Gasteiger partial charge on any atom is -0.360 e. The molecule has 4 rings (SSSR count). The smallest absolute Gasteiger partial charge is 0.276 e. The number of hydrogen-bond acceptors (Lipinski definition) is 3. The van der Waals surface area contributed by atoms with E-state index in [-0.39, 0.29) is 5.91 Å². The molecule has 1 aromatic carbocycles. The van der Waals surface area contributed by atoms with Crippen molar-refractivity contribution in [3.05, 3.63) is 52.9 Å². The Morgan fingerprint density at radius 1 is 1.21 bits per heavy atom. The number of benzene rings is 1. The molecule has 1 aromatic heterocycles. The quantitative estimate of drug-likeness (QED) is 0.827. The molecule has 1 aliphatic carbocycles. The maximum atomic E-state index is 12.4. The predicted molar refractivity (Wildman–Crippen MR) is 68.5 cm³/mol. The van der Waals surface area contributed by atoms with Crippen LogP contribution in [-0.2, 0) is 13.1 Å². The summed E-state index contributed by atoms with van der Waals surface area (Å²) in [6, 6.07) is 9.97. The van der Waals surface area contributed by atoms with E-state index in [9.17, 15) is 4.79 Å². The van der Waals surface area contributed by atoms with Gasteiger partial charge in [-0.1, -0.05) is 29.4 Å². The molecule has 0 atom stereocenters. The van der Waals surface area contributed by atoms with Crippen LogP contribution in [0.3, 0.4) is 0 Å². The molecule has 4 nitrogen and oxygen atoms in total. The van der Waals surface area contributed by atoms with Gasteiger partial charge in [0.05, 0.1) is 0 Å². The van der Waals surface area contributed by atoms with Gasteiger partial charge in [-0.15, -0.1) is 0 Å². The average molecular weight is 254 g/mol. The third kappa shape index (κ3) is 1.84. The Balaban J connectivity index is 1.55. The zero-order chi connectivity index (χ0) is 12.8. The second-order valence-corrected chi connectivity index (χ2v) is 5.32. The Morgan fingerprint density at radius 3 is 2.53 bits per heavy atom. The highest BCUT2D eigenvalue weighted by Crippen LogP contribution is 2.40. The summed E-state index contributed by atoms with van der Waals surface area (Å²) in [5.41, 5.74) is 2.89. The molecule has 0 radical (unpaired) electrons. The molecule has 0 bridgehead atoms. The molecule has 1 amide bonds. The van der Waals surface area contributed by atoms with Crippen molar-refractivity contribution in [1.82, 2.24) is 10.1 Å². The Morgan fingerprint density at radius 2 is 1.89 bits per heavy atom. The van der Waals surface area contributed by atoms with Gasteiger partial charge in [0.25, 0.3) is 5.91 Å². The van der Waals surface area contributed by atoms with E-state index < -0.39 is 0 Å². The van der Waals surface area contributed by atoms with Crippen LogP contribution >= 0.6 is 0 Å². The third-order valence-electron chi connectivity index (χ3n) is 3.86. The van der Waals surface area contributed by atoms with Gasteiger partial charge < -0.3 is 9.42 Å². The van der Waals surface area contributed by atoms with Gasteiger partial charge in [0.1, 0.15) is 5.76 Å². The van der Waals surface area contributed by atoms with Crippen LogP contribution in [0.2, 0.25) is 0 Å². The molecular formula is C15H14N2O2. The molecule has 0 spiro atoms. The minimum atomic E-state index is -0.0353. The van der Waals surface area contributed by atoms with Gasteiger partial charge in [-0.25, -0.2) is 0 Å². The standard InChI is InChI=1S/C15H14N2O2/c18-15(13-7-14(19-16-13)10-5-6-10)17-8-11-3-1-2-4-12(11)9-17/h1-4,7,10H,5-6,8-9H2. The number of rotatable bonds is 2. The molecule has 19 heavy (non-hydrogen) atoms. The fraction of sp³-hybridized carbons (Fsp3) is 0.333. The fourth-order valence-electron chi connectivity index (χ4n) is 2.59. The third-order valence-corrected chi connectivity index (χ3v) is 3.86. The predicted octanol–water partition coefficient (Wildman–Crippen LogP) is 2.71. The first kappa shape index (κ1) is 10.8. The van der Waals surface area contributed by atoms with Crippen molar-refractivity contribution in [3.63, 3.8) is 0 Å². The molecule has 1 aliphatic heterocycles. The number of hydrogen-bond donors (Lipinski definition) is 0. The van der Waals surface area contributed by atoms with E-state index in [1.807, 2.05) is 23.1 Å². The second kappa shape index (κ2) is 3.95. The molecule has 4 heteroatoms. The van der Waals surface area contributed by atoms with Crippen LogP contribution in [0.4, 0.5) is 0 Å². The number of nitrogens with zero attached hydrogens (tertiary/aromatic N) is 2. The van der Waals surface area contributed by atoms with E-state index in [1.54, 1.807) is 0 Å². The van der Waals surface area contributed by atoms with Crippen molar-refractivity contribution in [3.8, 4) is 0 Å². The van der Waals surface area contributed by atoms with Crippen molar-refractivity contribution in [2.75, 3.05) is 0 Å². The summed E-state index contributed by atoms with van der Waals surface area (Å²) in [7, 11) is 0. The lowest BCUT2D eigenvalue weighted by molar-refractivity contribution is 0.0741. The van der Waals surface area contributed by atoms with Crippen LogP contribution in [0.5, 0.6) is 0 Å². The molecular weight excluding hydrogens is 240 g/mol. The highest BCUT2D eigenvalue weighted by atomic mass is 16.5. The first-order valence-electron chi connectivity index (χ1n) is 6.64. The molecule has 96 valence electrons. The molecule has 0 saturated heterocycles. The van der Waals surface area contributed by atoms with Crippen molar-refractivity contribution >= 4 is 5.91 Å². The van der Waals surface area contributed by atoms with Crippen molar-refractivity contribution in [1.29, 1.82) is 0 Å². The van der Waals surface area contributed by atoms with Crippen LogP contribution in [0.1, 0.15) is 46.1 Å². The number of amides is 1. The highest BCUT2D eigenvalue weighted by Gasteiger charge is 2.31. The molecule has 2 aliphatic rings. The van der Waals surface area contributed by atoms with E-state index in [0.717, 1.165) is 18.6 Å². The van der Waals surface area contributed by atoms with Gasteiger partial charge in [-0.2, -0.15) is 0 Å². The van der Waals surface area contributed by atoms with Gasteiger partial charge in [0, 0.05) is 25.1 Å². The topological polar surface area (TPSA) is 46.3 Å². The number of carbonyl (C=O) groups is 1. The molecule has 0 N–H and O–H groups in total. The largest absolute Gasteiger partial charge is 0.360 e. The Labute approximate surface area is 111 Å². The molecule has 2 aromatic rings. The summed E-state index contributed by atoms with van der Waals surface area (Å²) < 4.78 is 5.25. The van der Waals surface area contributed by atoms with Crippen LogP contribution in [0, 0.1) is 0 Å². The Bertz CT molecular complexity index is 618. The molecule has 0 unspecified atom stereocenters. The normalized spacial score (nSPS) is 17.6. The number of fused-ring (bicyclic) bond motifs is 1. The van der Waals surface area contributed by atoms with Gasteiger partial charge in [0.15, 0.2) is 5.69 Å². The summed E-state index contributed by atoms with van der Waals surface area (Å²) in [5, 5.41) is 3.92. The van der Waals surface area contributed by atoms with Crippen LogP contribution < -0.4 is 0 Å². The maximum Gasteiger partial charge on any atom is 0.276 e. The molecule has 1 fully saturated rings. The number of aromatic nitrogens is 1. The molecule has 1 saturated carbocycles. The SMILES string of the molecule is O=C(c1cc(C2CC2)on1)N1Cc2ccccc2C1. The Kier molecular flexibility index (Phi) is 2.24. The monoisotopic (exact) mass is 254 g/mol. The van der Waals surface area contributed by atoms with E-state index in [0.29, 0.717) is 24.7 Å². The fourth-order valence-corrected chi connectivity index (χ4v) is 2.59. The lowest BCUT2D eigenvalue weighted by Gasteiger charge is -2.12. The van der Waals surface area contributed by atoms with Crippen LogP contribution in [-0.4, -0.2) is 16.0 Å². The van der Waals surface area contributed by atoms with E-state index in [1.165, 1.54) is 11.1 Å². The van der Waals surface area contributed by atoms with Gasteiger partial charge >= 0.3 is 0 Å². The zero-order valence-electron chi connectivity index (χ0n) is 10.5. The number of carbonyl (C=O) groups excluding carboxylic acids is 1. The lowest BCUT2D eigenvalue weighted by Crippen LogP contribution is -2.25. The van der Waals surface area contributed by atoms with Crippen molar-refractivity contribution in [2.24, 2.45) is 0 Å². The van der Waals surface area contributed by atoms with Gasteiger partial charge in [-0.3, -0.25) is 4.79 Å². The van der Waals surface area contributed by atoms with E-state index in [4.69, 9.17) is 4.52 Å². The maximum absolute atomic E-state index is 12.4. The first-order valence-corrected chi connectivity index (χ1v) is 6.64. The first-order chi connectivity index (χ1) is 9.31. The summed E-state index contributed by atoms with van der Waals surface area (Å²) in [4.78, 5) is 14.2. The average Bonchev–Trinajstić information content (AvgIpc) is 3.03. The van der Waals surface area contributed by atoms with Gasteiger partial charge in [-0.05, 0) is 24.0 Å². The van der Waals surface area contributed by atoms with Crippen LogP contribution in [0.25, 0.3) is 0 Å². The summed E-state index contributed by atoms with van der Waals surface area (Å²) in [6.45, 7) is 1.33.